The van der Waals surface area contributed by atoms with E-state index in [1.165, 1.54) is 0 Å². The van der Waals surface area contributed by atoms with Crippen molar-refractivity contribution < 1.29 is 9.59 Å². The van der Waals surface area contributed by atoms with E-state index in [9.17, 15) is 9.59 Å². The lowest BCUT2D eigenvalue weighted by molar-refractivity contribution is -0.115. The molecule has 0 aliphatic rings. The molecule has 4 heteroatoms. The first kappa shape index (κ1) is 15.7. The van der Waals surface area contributed by atoms with Gasteiger partial charge in [0, 0.05) is 11.1 Å². The van der Waals surface area contributed by atoms with Gasteiger partial charge in [0.2, 0.25) is 11.8 Å². The van der Waals surface area contributed by atoms with E-state index in [0.29, 0.717) is 24.0 Å². The summed E-state index contributed by atoms with van der Waals surface area (Å²) in [6.45, 7) is 3.40. The number of allylic oxidation sites excluding steroid dienone is 2. The van der Waals surface area contributed by atoms with Crippen LogP contribution in [0.5, 0.6) is 0 Å². The smallest absolute Gasteiger partial charge is 0.244 e. The lowest BCUT2D eigenvalue weighted by Crippen LogP contribution is -2.11. The maximum atomic E-state index is 10.9. The quantitative estimate of drug-likeness (QED) is 0.771. The SMILES string of the molecule is CC(=CCc1cccc(CC=C(C)C(N)=O)c1)C(N)=O. The minimum Gasteiger partial charge on any atom is -0.366 e. The summed E-state index contributed by atoms with van der Waals surface area (Å²) in [5, 5.41) is 0. The van der Waals surface area contributed by atoms with Crippen molar-refractivity contribution in [3.05, 3.63) is 58.7 Å². The first-order valence-electron chi connectivity index (χ1n) is 6.41. The van der Waals surface area contributed by atoms with Crippen LogP contribution in [0.15, 0.2) is 47.6 Å². The molecule has 4 nitrogen and oxygen atoms in total. The molecule has 106 valence electrons. The van der Waals surface area contributed by atoms with E-state index in [4.69, 9.17) is 11.5 Å². The first-order chi connectivity index (χ1) is 9.40. The summed E-state index contributed by atoms with van der Waals surface area (Å²) in [7, 11) is 0. The zero-order chi connectivity index (χ0) is 15.1. The third kappa shape index (κ3) is 5.10. The molecular formula is C16H20N2O2. The van der Waals surface area contributed by atoms with Crippen LogP contribution >= 0.6 is 0 Å². The Hall–Kier alpha value is -2.36. The largest absolute Gasteiger partial charge is 0.366 e. The van der Waals surface area contributed by atoms with Crippen LogP contribution in [0.4, 0.5) is 0 Å². The normalized spacial score (nSPS) is 12.3. The Kier molecular flexibility index (Phi) is 5.72. The highest BCUT2D eigenvalue weighted by Crippen LogP contribution is 2.10. The molecule has 0 aliphatic carbocycles. The standard InChI is InChI=1S/C16H20N2O2/c1-11(15(17)19)6-8-13-4-3-5-14(10-13)9-7-12(2)16(18)20/h3-7,10H,8-9H2,1-2H3,(H2,17,19)(H2,18,20). The van der Waals surface area contributed by atoms with Gasteiger partial charge in [0.25, 0.3) is 0 Å². The Balaban J connectivity index is 2.76. The zero-order valence-corrected chi connectivity index (χ0v) is 11.8. The van der Waals surface area contributed by atoms with Crippen LogP contribution in [-0.2, 0) is 22.4 Å². The number of nitrogens with two attached hydrogens (primary N) is 2. The number of carbonyl (C=O) groups excluding carboxylic acids is 2. The lowest BCUT2D eigenvalue weighted by Gasteiger charge is -2.02. The number of primary amides is 2. The fourth-order valence-electron chi connectivity index (χ4n) is 1.63. The van der Waals surface area contributed by atoms with Crippen molar-refractivity contribution in [2.24, 2.45) is 11.5 Å². The first-order valence-corrected chi connectivity index (χ1v) is 6.41. The molecule has 1 rings (SSSR count). The van der Waals surface area contributed by atoms with Crippen molar-refractivity contribution in [3.63, 3.8) is 0 Å². The molecule has 20 heavy (non-hydrogen) atoms. The summed E-state index contributed by atoms with van der Waals surface area (Å²) in [4.78, 5) is 21.9. The molecule has 1 aromatic carbocycles. The van der Waals surface area contributed by atoms with E-state index in [1.54, 1.807) is 13.8 Å². The van der Waals surface area contributed by atoms with Gasteiger partial charge in [-0.05, 0) is 37.8 Å². The number of amides is 2. The number of hydrogen-bond donors (Lipinski definition) is 2. The van der Waals surface area contributed by atoms with Crippen LogP contribution in [-0.4, -0.2) is 11.8 Å². The van der Waals surface area contributed by atoms with Crippen molar-refractivity contribution in [3.8, 4) is 0 Å². The molecule has 0 saturated heterocycles. The maximum Gasteiger partial charge on any atom is 0.244 e. The fourth-order valence-corrected chi connectivity index (χ4v) is 1.63. The van der Waals surface area contributed by atoms with Gasteiger partial charge in [-0.25, -0.2) is 0 Å². The highest BCUT2D eigenvalue weighted by molar-refractivity contribution is 5.91. The van der Waals surface area contributed by atoms with Crippen molar-refractivity contribution >= 4 is 11.8 Å². The second-order valence-electron chi connectivity index (χ2n) is 4.73. The third-order valence-electron chi connectivity index (χ3n) is 3.06. The van der Waals surface area contributed by atoms with Crippen molar-refractivity contribution in [1.82, 2.24) is 0 Å². The predicted octanol–water partition coefficient (Wildman–Crippen LogP) is 1.63. The predicted molar refractivity (Wildman–Crippen MR) is 79.8 cm³/mol. The molecule has 4 N–H and O–H groups in total. The van der Waals surface area contributed by atoms with Gasteiger partial charge in [0.15, 0.2) is 0 Å². The Morgan fingerprint density at radius 2 is 1.35 bits per heavy atom. The third-order valence-corrected chi connectivity index (χ3v) is 3.06. The monoisotopic (exact) mass is 272 g/mol. The number of benzene rings is 1. The fraction of sp³-hybridized carbons (Fsp3) is 0.250. The van der Waals surface area contributed by atoms with E-state index in [0.717, 1.165) is 11.1 Å². The van der Waals surface area contributed by atoms with Gasteiger partial charge >= 0.3 is 0 Å². The van der Waals surface area contributed by atoms with Gasteiger partial charge in [-0.1, -0.05) is 36.4 Å². The minimum atomic E-state index is -0.402. The maximum absolute atomic E-state index is 10.9. The van der Waals surface area contributed by atoms with Gasteiger partial charge in [0.05, 0.1) is 0 Å². The van der Waals surface area contributed by atoms with E-state index < -0.39 is 11.8 Å². The summed E-state index contributed by atoms with van der Waals surface area (Å²) in [5.74, 6) is -0.803. The molecule has 0 unspecified atom stereocenters. The van der Waals surface area contributed by atoms with Crippen molar-refractivity contribution in [2.45, 2.75) is 26.7 Å². The highest BCUT2D eigenvalue weighted by atomic mass is 16.1. The Morgan fingerprint density at radius 3 is 1.70 bits per heavy atom. The molecule has 0 saturated carbocycles. The summed E-state index contributed by atoms with van der Waals surface area (Å²) in [6, 6.07) is 7.96. The van der Waals surface area contributed by atoms with Crippen molar-refractivity contribution in [1.29, 1.82) is 0 Å². The van der Waals surface area contributed by atoms with Crippen LogP contribution < -0.4 is 11.5 Å². The average molecular weight is 272 g/mol. The van der Waals surface area contributed by atoms with Gasteiger partial charge < -0.3 is 11.5 Å². The summed E-state index contributed by atoms with van der Waals surface area (Å²) in [6.07, 6.45) is 4.93. The molecule has 0 aliphatic heterocycles. The van der Waals surface area contributed by atoms with Crippen LogP contribution in [0, 0.1) is 0 Å². The molecule has 0 heterocycles. The number of carbonyl (C=O) groups is 2. The van der Waals surface area contributed by atoms with Gasteiger partial charge in [-0.2, -0.15) is 0 Å². The Bertz CT molecular complexity index is 524. The van der Waals surface area contributed by atoms with Crippen LogP contribution in [0.3, 0.4) is 0 Å². The topological polar surface area (TPSA) is 86.2 Å². The summed E-state index contributed by atoms with van der Waals surface area (Å²) < 4.78 is 0. The number of hydrogen-bond acceptors (Lipinski definition) is 2. The highest BCUT2D eigenvalue weighted by Gasteiger charge is 2.00. The number of rotatable bonds is 6. The van der Waals surface area contributed by atoms with Crippen LogP contribution in [0.1, 0.15) is 25.0 Å². The lowest BCUT2D eigenvalue weighted by atomic mass is 10.0. The van der Waals surface area contributed by atoms with Crippen LogP contribution in [0.2, 0.25) is 0 Å². The molecule has 1 aromatic rings. The van der Waals surface area contributed by atoms with E-state index in [2.05, 4.69) is 0 Å². The van der Waals surface area contributed by atoms with Gasteiger partial charge in [-0.15, -0.1) is 0 Å². The Morgan fingerprint density at radius 1 is 0.950 bits per heavy atom. The Labute approximate surface area is 119 Å². The molecule has 0 bridgehead atoms. The van der Waals surface area contributed by atoms with Crippen LogP contribution in [0.25, 0.3) is 0 Å². The second kappa shape index (κ2) is 7.28. The average Bonchev–Trinajstić information content (AvgIpc) is 2.42. The molecule has 0 aromatic heterocycles. The molecule has 2 amide bonds. The summed E-state index contributed by atoms with van der Waals surface area (Å²) in [5.41, 5.74) is 13.7. The van der Waals surface area contributed by atoms with Crippen molar-refractivity contribution in [2.75, 3.05) is 0 Å². The second-order valence-corrected chi connectivity index (χ2v) is 4.73. The molecule has 0 fully saturated rings. The van der Waals surface area contributed by atoms with E-state index in [1.807, 2.05) is 36.4 Å². The van der Waals surface area contributed by atoms with E-state index >= 15 is 0 Å². The zero-order valence-electron chi connectivity index (χ0n) is 11.8. The molecule has 0 atom stereocenters. The van der Waals surface area contributed by atoms with Gasteiger partial charge in [0.1, 0.15) is 0 Å². The van der Waals surface area contributed by atoms with E-state index in [-0.39, 0.29) is 0 Å². The molecular weight excluding hydrogens is 252 g/mol. The van der Waals surface area contributed by atoms with Gasteiger partial charge in [-0.3, -0.25) is 9.59 Å². The molecule has 0 spiro atoms. The minimum absolute atomic E-state index is 0.402. The molecule has 0 radical (unpaired) electrons. The summed E-state index contributed by atoms with van der Waals surface area (Å²) >= 11 is 0.